The van der Waals surface area contributed by atoms with Gasteiger partial charge < -0.3 is 5.32 Å². The summed E-state index contributed by atoms with van der Waals surface area (Å²) in [5.41, 5.74) is 4.10. The fourth-order valence-corrected chi connectivity index (χ4v) is 2.54. The van der Waals surface area contributed by atoms with Crippen molar-refractivity contribution in [1.82, 2.24) is 5.32 Å². The summed E-state index contributed by atoms with van der Waals surface area (Å²) in [5, 5.41) is 13.8. The van der Waals surface area contributed by atoms with Gasteiger partial charge in [-0.3, -0.25) is 14.9 Å². The molecule has 5 heteroatoms. The van der Waals surface area contributed by atoms with E-state index in [1.165, 1.54) is 29.3 Å². The summed E-state index contributed by atoms with van der Waals surface area (Å²) in [7, 11) is 0. The van der Waals surface area contributed by atoms with Crippen molar-refractivity contribution in [2.45, 2.75) is 33.2 Å². The Balaban J connectivity index is 2.08. The zero-order valence-corrected chi connectivity index (χ0v) is 14.7. The van der Waals surface area contributed by atoms with Gasteiger partial charge >= 0.3 is 0 Å². The smallest absolute Gasteiger partial charge is 0.270 e. The number of hydrogen-bond acceptors (Lipinski definition) is 3. The van der Waals surface area contributed by atoms with Crippen LogP contribution in [0.5, 0.6) is 0 Å². The number of non-ortho nitro benzene ring substituents is 1. The predicted octanol–water partition coefficient (Wildman–Crippen LogP) is 4.49. The van der Waals surface area contributed by atoms with Gasteiger partial charge in [0.15, 0.2) is 0 Å². The monoisotopic (exact) mass is 338 g/mol. The molecule has 0 unspecified atom stereocenters. The van der Waals surface area contributed by atoms with Crippen LogP contribution in [0, 0.1) is 24.0 Å². The fourth-order valence-electron chi connectivity index (χ4n) is 2.54. The molecule has 1 atom stereocenters. The maximum Gasteiger partial charge on any atom is 0.270 e. The normalized spacial score (nSPS) is 12.1. The molecule has 0 spiro atoms. The van der Waals surface area contributed by atoms with Crippen LogP contribution in [0.25, 0.3) is 6.08 Å². The molecule has 25 heavy (non-hydrogen) atoms. The first kappa shape index (κ1) is 18.4. The molecule has 2 rings (SSSR count). The number of nitro groups is 1. The highest BCUT2D eigenvalue weighted by Gasteiger charge is 2.12. The van der Waals surface area contributed by atoms with Gasteiger partial charge in [-0.25, -0.2) is 0 Å². The highest BCUT2D eigenvalue weighted by atomic mass is 16.6. The number of nitrogens with zero attached hydrogens (tertiary/aromatic N) is 1. The number of amides is 1. The number of carbonyl (C=O) groups excluding carboxylic acids is 1. The molecule has 1 N–H and O–H groups in total. The van der Waals surface area contributed by atoms with Gasteiger partial charge in [-0.05, 0) is 48.6 Å². The van der Waals surface area contributed by atoms with E-state index in [0.717, 1.165) is 12.0 Å². The molecule has 1 amide bonds. The quantitative estimate of drug-likeness (QED) is 0.479. The molecule has 0 saturated carbocycles. The number of carbonyl (C=O) groups is 1. The minimum Gasteiger partial charge on any atom is -0.346 e. The van der Waals surface area contributed by atoms with E-state index < -0.39 is 4.92 Å². The van der Waals surface area contributed by atoms with Crippen molar-refractivity contribution in [3.63, 3.8) is 0 Å². The highest BCUT2D eigenvalue weighted by Crippen LogP contribution is 2.20. The molecule has 0 radical (unpaired) electrons. The summed E-state index contributed by atoms with van der Waals surface area (Å²) in [6, 6.07) is 12.3. The van der Waals surface area contributed by atoms with Crippen molar-refractivity contribution in [3.05, 3.63) is 80.9 Å². The topological polar surface area (TPSA) is 72.2 Å². The predicted molar refractivity (Wildman–Crippen MR) is 99.2 cm³/mol. The Morgan fingerprint density at radius 3 is 2.60 bits per heavy atom. The van der Waals surface area contributed by atoms with Crippen LogP contribution in [0.4, 0.5) is 5.69 Å². The third-order valence-electron chi connectivity index (χ3n) is 4.17. The van der Waals surface area contributed by atoms with Gasteiger partial charge in [0, 0.05) is 18.2 Å². The zero-order valence-electron chi connectivity index (χ0n) is 14.7. The summed E-state index contributed by atoms with van der Waals surface area (Å²) in [5.74, 6) is -0.225. The van der Waals surface area contributed by atoms with E-state index >= 15 is 0 Å². The molecule has 0 saturated heterocycles. The van der Waals surface area contributed by atoms with Crippen LogP contribution in [-0.4, -0.2) is 10.8 Å². The Bertz CT molecular complexity index is 812. The van der Waals surface area contributed by atoms with E-state index in [4.69, 9.17) is 0 Å². The van der Waals surface area contributed by atoms with E-state index in [2.05, 4.69) is 31.3 Å². The summed E-state index contributed by atoms with van der Waals surface area (Å²) in [4.78, 5) is 22.5. The van der Waals surface area contributed by atoms with E-state index in [9.17, 15) is 14.9 Å². The standard InChI is InChI=1S/C20H22N2O3/c1-4-19(17-10-8-14(2)15(3)12-17)21-20(23)11-9-16-6-5-7-18(13-16)22(24)25/h5-13,19H,4H2,1-3H3,(H,21,23)/b11-9+/t19-/m0/s1. The van der Waals surface area contributed by atoms with Gasteiger partial charge in [0.2, 0.25) is 5.91 Å². The molecule has 2 aromatic carbocycles. The number of nitrogens with one attached hydrogen (secondary N) is 1. The molecule has 0 aliphatic rings. The van der Waals surface area contributed by atoms with E-state index in [-0.39, 0.29) is 17.6 Å². The van der Waals surface area contributed by atoms with Gasteiger partial charge in [0.1, 0.15) is 0 Å². The van der Waals surface area contributed by atoms with Crippen molar-refractivity contribution < 1.29 is 9.72 Å². The second kappa shape index (κ2) is 8.24. The van der Waals surface area contributed by atoms with E-state index in [0.29, 0.717) is 5.56 Å². The molecule has 0 aromatic heterocycles. The average Bonchev–Trinajstić information content (AvgIpc) is 2.60. The molecular weight excluding hydrogens is 316 g/mol. The minimum atomic E-state index is -0.454. The maximum absolute atomic E-state index is 12.2. The second-order valence-corrected chi connectivity index (χ2v) is 6.00. The molecule has 0 aliphatic carbocycles. The van der Waals surface area contributed by atoms with Crippen LogP contribution in [0.3, 0.4) is 0 Å². The first-order chi connectivity index (χ1) is 11.9. The molecule has 0 aliphatic heterocycles. The SMILES string of the molecule is CC[C@H](NC(=O)/C=C/c1cccc([N+](=O)[O-])c1)c1ccc(C)c(C)c1. The second-order valence-electron chi connectivity index (χ2n) is 6.00. The largest absolute Gasteiger partial charge is 0.346 e. The first-order valence-corrected chi connectivity index (χ1v) is 8.21. The van der Waals surface area contributed by atoms with Gasteiger partial charge in [-0.2, -0.15) is 0 Å². The van der Waals surface area contributed by atoms with Crippen molar-refractivity contribution in [2.75, 3.05) is 0 Å². The van der Waals surface area contributed by atoms with Gasteiger partial charge in [0.25, 0.3) is 5.69 Å². The van der Waals surface area contributed by atoms with Crippen LogP contribution in [0.2, 0.25) is 0 Å². The summed E-state index contributed by atoms with van der Waals surface area (Å²) in [6.45, 7) is 6.13. The highest BCUT2D eigenvalue weighted by molar-refractivity contribution is 5.92. The zero-order chi connectivity index (χ0) is 18.4. The van der Waals surface area contributed by atoms with Gasteiger partial charge in [0.05, 0.1) is 11.0 Å². The van der Waals surface area contributed by atoms with Crippen molar-refractivity contribution in [1.29, 1.82) is 0 Å². The Morgan fingerprint density at radius 2 is 1.96 bits per heavy atom. The summed E-state index contributed by atoms with van der Waals surface area (Å²) >= 11 is 0. The lowest BCUT2D eigenvalue weighted by Crippen LogP contribution is -2.26. The summed E-state index contributed by atoms with van der Waals surface area (Å²) < 4.78 is 0. The number of nitro benzene ring substituents is 1. The third kappa shape index (κ3) is 5.01. The van der Waals surface area contributed by atoms with E-state index in [1.54, 1.807) is 18.2 Å². The fraction of sp³-hybridized carbons (Fsp3) is 0.250. The Labute approximate surface area is 147 Å². The molecular formula is C20H22N2O3. The Hall–Kier alpha value is -2.95. The molecule has 5 nitrogen and oxygen atoms in total. The minimum absolute atomic E-state index is 0.00382. The molecule has 0 fully saturated rings. The van der Waals surface area contributed by atoms with Crippen LogP contribution in [0.15, 0.2) is 48.5 Å². The molecule has 130 valence electrons. The van der Waals surface area contributed by atoms with Crippen LogP contribution in [0.1, 0.15) is 41.6 Å². The average molecular weight is 338 g/mol. The lowest BCUT2D eigenvalue weighted by Gasteiger charge is -2.17. The lowest BCUT2D eigenvalue weighted by molar-refractivity contribution is -0.384. The molecule has 0 bridgehead atoms. The van der Waals surface area contributed by atoms with Gasteiger partial charge in [-0.15, -0.1) is 0 Å². The summed E-state index contributed by atoms with van der Waals surface area (Å²) in [6.07, 6.45) is 3.76. The van der Waals surface area contributed by atoms with Crippen molar-refractivity contribution in [3.8, 4) is 0 Å². The van der Waals surface area contributed by atoms with Crippen molar-refractivity contribution in [2.24, 2.45) is 0 Å². The molecule has 2 aromatic rings. The van der Waals surface area contributed by atoms with Crippen molar-refractivity contribution >= 4 is 17.7 Å². The van der Waals surface area contributed by atoms with Crippen LogP contribution in [-0.2, 0) is 4.79 Å². The Morgan fingerprint density at radius 1 is 1.20 bits per heavy atom. The van der Waals surface area contributed by atoms with E-state index in [1.807, 2.05) is 13.0 Å². The maximum atomic E-state index is 12.2. The number of rotatable bonds is 6. The number of hydrogen-bond donors (Lipinski definition) is 1. The van der Waals surface area contributed by atoms with Crippen LogP contribution < -0.4 is 5.32 Å². The molecule has 0 heterocycles. The lowest BCUT2D eigenvalue weighted by atomic mass is 9.99. The van der Waals surface area contributed by atoms with Crippen LogP contribution >= 0.6 is 0 Å². The number of aryl methyl sites for hydroxylation is 2. The van der Waals surface area contributed by atoms with Gasteiger partial charge in [-0.1, -0.05) is 37.3 Å². The number of benzene rings is 2. The first-order valence-electron chi connectivity index (χ1n) is 8.21. The Kier molecular flexibility index (Phi) is 6.06. The third-order valence-corrected chi connectivity index (χ3v) is 4.17.